The summed E-state index contributed by atoms with van der Waals surface area (Å²) >= 11 is 0. The van der Waals surface area contributed by atoms with Crippen LogP contribution in [0.15, 0.2) is 36.4 Å². The fourth-order valence-electron chi connectivity index (χ4n) is 2.04. The molecular weight excluding hydrogens is 337 g/mol. The number of nitrogens with zero attached hydrogens (tertiary/aromatic N) is 1. The Hall–Kier alpha value is -3.03. The molecule has 0 aromatic heterocycles. The first-order valence-electron chi connectivity index (χ1n) is 7.15. The Bertz CT molecular complexity index is 794. The van der Waals surface area contributed by atoms with E-state index >= 15 is 0 Å². The maximum absolute atomic E-state index is 13.5. The van der Waals surface area contributed by atoms with Crippen LogP contribution in [0.4, 0.5) is 18.9 Å². The van der Waals surface area contributed by atoms with Gasteiger partial charge in [-0.2, -0.15) is 0 Å². The first kappa shape index (κ1) is 18.3. The van der Waals surface area contributed by atoms with Crippen molar-refractivity contribution < 1.29 is 27.5 Å². The molecule has 2 aromatic carbocycles. The number of carbonyl (C=O) groups excluding carboxylic acids is 2. The van der Waals surface area contributed by atoms with Crippen molar-refractivity contribution in [3.63, 3.8) is 0 Å². The molecule has 0 heterocycles. The van der Waals surface area contributed by atoms with Crippen molar-refractivity contribution in [2.45, 2.75) is 6.54 Å². The second kappa shape index (κ2) is 7.69. The molecule has 0 aliphatic rings. The number of likely N-dealkylation sites (N-methyl/N-ethyl adjacent to an activating group) is 1. The highest BCUT2D eigenvalue weighted by molar-refractivity contribution is 6.39. The number of halogens is 3. The first-order valence-corrected chi connectivity index (χ1v) is 7.15. The van der Waals surface area contributed by atoms with Crippen LogP contribution in [0.1, 0.15) is 5.56 Å². The van der Waals surface area contributed by atoms with E-state index in [-0.39, 0.29) is 12.6 Å². The van der Waals surface area contributed by atoms with E-state index in [2.05, 4.69) is 0 Å². The molecule has 0 aliphatic heterocycles. The summed E-state index contributed by atoms with van der Waals surface area (Å²) in [4.78, 5) is 25.0. The van der Waals surface area contributed by atoms with Crippen molar-refractivity contribution in [1.82, 2.24) is 4.90 Å². The third kappa shape index (κ3) is 4.50. The zero-order valence-corrected chi connectivity index (χ0v) is 13.5. The van der Waals surface area contributed by atoms with Crippen LogP contribution in [0, 0.1) is 17.5 Å². The zero-order chi connectivity index (χ0) is 18.6. The van der Waals surface area contributed by atoms with Crippen molar-refractivity contribution in [2.24, 2.45) is 0 Å². The maximum atomic E-state index is 13.5. The van der Waals surface area contributed by atoms with Gasteiger partial charge in [-0.1, -0.05) is 12.1 Å². The molecule has 0 unspecified atom stereocenters. The maximum Gasteiger partial charge on any atom is 0.313 e. The molecule has 25 heavy (non-hydrogen) atoms. The number of anilines is 1. The van der Waals surface area contributed by atoms with E-state index in [1.54, 1.807) is 24.3 Å². The summed E-state index contributed by atoms with van der Waals surface area (Å²) in [6, 6.07) is 7.59. The molecule has 0 radical (unpaired) electrons. The molecule has 0 spiro atoms. The van der Waals surface area contributed by atoms with Gasteiger partial charge in [-0.05, 0) is 17.7 Å². The largest absolute Gasteiger partial charge is 0.497 e. The van der Waals surface area contributed by atoms with Gasteiger partial charge in [0.2, 0.25) is 0 Å². The van der Waals surface area contributed by atoms with E-state index in [9.17, 15) is 22.8 Å². The van der Waals surface area contributed by atoms with Gasteiger partial charge in [-0.3, -0.25) is 9.59 Å². The molecule has 5 nitrogen and oxygen atoms in total. The summed E-state index contributed by atoms with van der Waals surface area (Å²) < 4.78 is 44.5. The molecule has 0 aliphatic carbocycles. The summed E-state index contributed by atoms with van der Waals surface area (Å²) in [5.74, 6) is -5.39. The number of hydrogen-bond donors (Lipinski definition) is 1. The van der Waals surface area contributed by atoms with Crippen LogP contribution in [0.25, 0.3) is 0 Å². The Kier molecular flexibility index (Phi) is 5.63. The molecule has 2 rings (SSSR count). The first-order chi connectivity index (χ1) is 11.8. The van der Waals surface area contributed by atoms with Crippen molar-refractivity contribution in [2.75, 3.05) is 19.5 Å². The minimum atomic E-state index is -1.39. The van der Waals surface area contributed by atoms with Crippen LogP contribution >= 0.6 is 0 Å². The molecule has 0 saturated heterocycles. The van der Waals surface area contributed by atoms with Crippen LogP contribution in [0.5, 0.6) is 5.75 Å². The van der Waals surface area contributed by atoms with Gasteiger partial charge < -0.3 is 15.0 Å². The van der Waals surface area contributed by atoms with Crippen LogP contribution in [0.2, 0.25) is 0 Å². The Labute approximate surface area is 142 Å². The van der Waals surface area contributed by atoms with E-state index < -0.39 is 35.0 Å². The van der Waals surface area contributed by atoms with Gasteiger partial charge in [-0.15, -0.1) is 0 Å². The number of ether oxygens (including phenoxy) is 1. The van der Waals surface area contributed by atoms with Crippen LogP contribution in [0.3, 0.4) is 0 Å². The number of carbonyl (C=O) groups is 2. The average Bonchev–Trinajstić information content (AvgIpc) is 2.59. The van der Waals surface area contributed by atoms with Gasteiger partial charge in [0.15, 0.2) is 11.6 Å². The minimum Gasteiger partial charge on any atom is -0.497 e. The predicted octanol–water partition coefficient (Wildman–Crippen LogP) is 2.71. The SMILES string of the molecule is COc1ccc(CN(C)C(=O)C(=O)Nc2cc(F)c(F)cc2F)cc1. The number of benzene rings is 2. The van der Waals surface area contributed by atoms with E-state index in [1.807, 2.05) is 5.32 Å². The lowest BCUT2D eigenvalue weighted by atomic mass is 10.2. The van der Waals surface area contributed by atoms with Gasteiger partial charge in [0.1, 0.15) is 11.6 Å². The molecule has 0 saturated carbocycles. The molecule has 1 N–H and O–H groups in total. The minimum absolute atomic E-state index is 0.122. The summed E-state index contributed by atoms with van der Waals surface area (Å²) in [5, 5.41) is 1.93. The van der Waals surface area contributed by atoms with E-state index in [1.165, 1.54) is 14.2 Å². The molecule has 0 fully saturated rings. The summed E-state index contributed by atoms with van der Waals surface area (Å²) in [6.07, 6.45) is 0. The summed E-state index contributed by atoms with van der Waals surface area (Å²) in [7, 11) is 2.90. The molecule has 0 atom stereocenters. The van der Waals surface area contributed by atoms with Gasteiger partial charge in [0.05, 0.1) is 12.8 Å². The predicted molar refractivity (Wildman–Crippen MR) is 84.4 cm³/mol. The number of nitrogens with one attached hydrogen (secondary N) is 1. The van der Waals surface area contributed by atoms with Crippen molar-refractivity contribution in [3.8, 4) is 5.75 Å². The third-order valence-corrected chi connectivity index (χ3v) is 3.38. The van der Waals surface area contributed by atoms with Crippen molar-refractivity contribution in [3.05, 3.63) is 59.4 Å². The monoisotopic (exact) mass is 352 g/mol. The van der Waals surface area contributed by atoms with Crippen molar-refractivity contribution in [1.29, 1.82) is 0 Å². The highest BCUT2D eigenvalue weighted by atomic mass is 19.2. The van der Waals surface area contributed by atoms with Crippen molar-refractivity contribution >= 4 is 17.5 Å². The van der Waals surface area contributed by atoms with Crippen LogP contribution in [-0.2, 0) is 16.1 Å². The highest BCUT2D eigenvalue weighted by Crippen LogP contribution is 2.18. The van der Waals surface area contributed by atoms with Crippen LogP contribution in [-0.4, -0.2) is 30.9 Å². The van der Waals surface area contributed by atoms with Gasteiger partial charge in [-0.25, -0.2) is 13.2 Å². The van der Waals surface area contributed by atoms with E-state index in [0.717, 1.165) is 10.5 Å². The van der Waals surface area contributed by atoms with Gasteiger partial charge >= 0.3 is 11.8 Å². The quantitative estimate of drug-likeness (QED) is 0.680. The lowest BCUT2D eigenvalue weighted by Gasteiger charge is -2.17. The molecule has 8 heteroatoms. The second-order valence-electron chi connectivity index (χ2n) is 5.21. The molecule has 2 aromatic rings. The Morgan fingerprint density at radius 3 is 2.24 bits per heavy atom. The smallest absolute Gasteiger partial charge is 0.313 e. The molecule has 132 valence electrons. The third-order valence-electron chi connectivity index (χ3n) is 3.38. The van der Waals surface area contributed by atoms with Gasteiger partial charge in [0, 0.05) is 25.7 Å². The standard InChI is InChI=1S/C17H15F3N2O3/c1-22(9-10-3-5-11(25-2)6-4-10)17(24)16(23)21-15-8-13(19)12(18)7-14(15)20/h3-8H,9H2,1-2H3,(H,21,23). The normalized spacial score (nSPS) is 10.3. The lowest BCUT2D eigenvalue weighted by Crippen LogP contribution is -2.36. The Morgan fingerprint density at radius 1 is 1.04 bits per heavy atom. The average molecular weight is 352 g/mol. The Balaban J connectivity index is 2.03. The fraction of sp³-hybridized carbons (Fsp3) is 0.176. The van der Waals surface area contributed by atoms with Crippen LogP contribution < -0.4 is 10.1 Å². The number of methoxy groups -OCH3 is 1. The van der Waals surface area contributed by atoms with Gasteiger partial charge in [0.25, 0.3) is 0 Å². The highest BCUT2D eigenvalue weighted by Gasteiger charge is 2.21. The molecule has 2 amide bonds. The number of rotatable bonds is 4. The van der Waals surface area contributed by atoms with E-state index in [0.29, 0.717) is 11.8 Å². The molecule has 0 bridgehead atoms. The zero-order valence-electron chi connectivity index (χ0n) is 13.5. The summed E-state index contributed by atoms with van der Waals surface area (Å²) in [6.45, 7) is 0.122. The fourth-order valence-corrected chi connectivity index (χ4v) is 2.04. The topological polar surface area (TPSA) is 58.6 Å². The number of amides is 2. The lowest BCUT2D eigenvalue weighted by molar-refractivity contribution is -0.142. The second-order valence-corrected chi connectivity index (χ2v) is 5.21. The number of hydrogen-bond acceptors (Lipinski definition) is 3. The van der Waals surface area contributed by atoms with E-state index in [4.69, 9.17) is 4.74 Å². The Morgan fingerprint density at radius 2 is 1.64 bits per heavy atom. The summed E-state index contributed by atoms with van der Waals surface area (Å²) in [5.41, 5.74) is 0.124. The molecular formula is C17H15F3N2O3.